The predicted octanol–water partition coefficient (Wildman–Crippen LogP) is 12.5. The molecule has 139 heavy (non-hydrogen) atoms. The predicted molar refractivity (Wildman–Crippen MR) is 470 cm³/mol. The lowest BCUT2D eigenvalue weighted by Crippen LogP contribution is -2.46. The Labute approximate surface area is 802 Å². The van der Waals surface area contributed by atoms with Crippen LogP contribution in [0.4, 0.5) is 43.2 Å². The van der Waals surface area contributed by atoms with Gasteiger partial charge in [0.15, 0.2) is 12.2 Å². The summed E-state index contributed by atoms with van der Waals surface area (Å²) in [6.07, 6.45) is 2.94. The van der Waals surface area contributed by atoms with E-state index in [-0.39, 0.29) is 173 Å². The molecule has 0 aromatic rings. The number of carbonyl (C=O) groups excluding carboxylic acids is 16. The second-order valence-electron chi connectivity index (χ2n) is 37.0. The van der Waals surface area contributed by atoms with Crippen molar-refractivity contribution in [2.24, 2.45) is 65.1 Å². The van der Waals surface area contributed by atoms with E-state index in [2.05, 4.69) is 97.7 Å². The van der Waals surface area contributed by atoms with Gasteiger partial charge in [-0.1, -0.05) is 66.1 Å². The Morgan fingerprint density at radius 1 is 0.338 bits per heavy atom. The summed E-state index contributed by atoms with van der Waals surface area (Å²) in [5, 5.41) is 2.55. The Morgan fingerprint density at radius 3 is 1.24 bits per heavy atom. The van der Waals surface area contributed by atoms with Crippen molar-refractivity contribution in [2.45, 2.75) is 263 Å². The molecule has 1 amide bonds. The average Bonchev–Trinajstić information content (AvgIpc) is 1.52. The summed E-state index contributed by atoms with van der Waals surface area (Å²) in [4.78, 5) is 176. The van der Waals surface area contributed by atoms with Crippen molar-refractivity contribution in [3.05, 3.63) is 110 Å². The lowest BCUT2D eigenvalue weighted by Gasteiger charge is -2.40. The minimum atomic E-state index is -0.715. The zero-order valence-electron chi connectivity index (χ0n) is 79.6. The molecule has 43 nitrogen and oxygen atoms in total. The van der Waals surface area contributed by atoms with E-state index in [1.807, 2.05) is 13.8 Å². The van der Waals surface area contributed by atoms with Crippen LogP contribution in [0.25, 0.3) is 0 Å². The molecule has 0 aromatic heterocycles. The van der Waals surface area contributed by atoms with Crippen LogP contribution < -0.4 is 5.32 Å². The first-order valence-corrected chi connectivity index (χ1v) is 46.1. The summed E-state index contributed by atoms with van der Waals surface area (Å²) in [7, 11) is 0. The van der Waals surface area contributed by atoms with Crippen LogP contribution in [-0.4, -0.2) is 267 Å². The number of fused-ring (bicyclic) bond motifs is 23. The molecule has 0 spiro atoms. The molecule has 8 bridgehead atoms. The molecule has 1 N–H and O–H groups in total. The van der Waals surface area contributed by atoms with Crippen molar-refractivity contribution in [3.8, 4) is 0 Å². The van der Waals surface area contributed by atoms with E-state index in [0.29, 0.717) is 163 Å². The highest BCUT2D eigenvalue weighted by atomic mass is 16.8. The highest BCUT2D eigenvalue weighted by Crippen LogP contribution is 2.69. The first-order chi connectivity index (χ1) is 65.8. The number of hydrogen-bond donors (Lipinski definition) is 1. The van der Waals surface area contributed by atoms with Crippen molar-refractivity contribution in [2.75, 3.05) is 66.0 Å². The number of allylic oxidation sites excluding steroid dienone is 2. The standard InChI is InChI=1S/C17H20O5.C12H14O5.C11H14O5.C11H16O5.C11H14O4.C10H14O5.C9H12O5.C8H11NO4.C7H10O4/c1-6(2)16(18)20-11-4-7-3-8(11)13-10-5-9(12(7)13)14-15(10)22-17(19)21-14;1-5(2)11(13)15-8-4-6-3-7(8)10-9(6)16-12(14)17-10;1-6(2)10(12)14-7-3-4-8-9(5-7)16-11(13)15-8;1-7(2)10(12)14-5-4-8(3)9-6-15-11(13)16-9;1-5(2)13-8-4-6-3-7(8)10-9(6)14-11(12)15-10;1-7(2)9(11)13-5-3-4-8-6-14-10(12)15-8;1-6(2)8(10)13-5-7-3-4-12-9(11)14-7;1-5(2)7(10)9-3-6-4-12-8(11)13-6;1-5(2)9-3-6-4-10-7(8)11-6/h7-15H,1,3-5H2,2H3;6-10H,1,3-4H2,2H3;7-9H,1,3-5H2,2H3;8-9H,1,4-6H2,2-3H3;6-10H,1,3-4H2,2H3;8H,1,3-6H2,2H3;7H,1,3-5H2,2H3;6H,1,3-4H2,2H3,(H,9,10);6H,1,3-4H2,2H3. The van der Waals surface area contributed by atoms with Crippen molar-refractivity contribution >= 4 is 97.1 Å². The first kappa shape index (κ1) is 108. The van der Waals surface area contributed by atoms with E-state index in [0.717, 1.165) is 50.7 Å². The third-order valence-electron chi connectivity index (χ3n) is 25.8. The molecule has 766 valence electrons. The maximum absolute atomic E-state index is 11.8. The van der Waals surface area contributed by atoms with Crippen LogP contribution >= 0.6 is 0 Å². The second-order valence-corrected chi connectivity index (χ2v) is 37.0. The third-order valence-corrected chi connectivity index (χ3v) is 25.8. The van der Waals surface area contributed by atoms with Gasteiger partial charge < -0.3 is 128 Å². The minimum Gasteiger partial charge on any atom is -0.495 e. The maximum Gasteiger partial charge on any atom is 0.509 e. The Balaban J connectivity index is 0.000000162. The largest absolute Gasteiger partial charge is 0.509 e. The minimum absolute atomic E-state index is 0.0190. The van der Waals surface area contributed by atoms with Crippen LogP contribution in [0.3, 0.4) is 0 Å². The monoisotopic (exact) mass is 1960 g/mol. The summed E-state index contributed by atoms with van der Waals surface area (Å²) >= 11 is 0. The molecule has 9 saturated heterocycles. The van der Waals surface area contributed by atoms with Gasteiger partial charge in [-0.25, -0.2) is 71.9 Å². The van der Waals surface area contributed by atoms with E-state index in [9.17, 15) is 76.7 Å². The number of rotatable bonds is 27. The van der Waals surface area contributed by atoms with E-state index >= 15 is 0 Å². The number of hydrogen-bond acceptors (Lipinski definition) is 42. The maximum atomic E-state index is 11.8. The van der Waals surface area contributed by atoms with Crippen molar-refractivity contribution in [1.29, 1.82) is 0 Å². The Kier molecular flexibility index (Phi) is 38.5. The van der Waals surface area contributed by atoms with Gasteiger partial charge >= 0.3 is 91.2 Å². The number of cyclic esters (lactones) is 10. The SMILES string of the molecule is C=C(C)C(=O)NCC1COC(=O)O1.C=C(C)C(=O)OC1CC2CC1C1C3CC(C4OC(=O)OC34)C21.C=C(C)C(=O)OC1CC2CC1C1OC(=O)OC21.C=C(C)C(=O)OC1CCC2OC(=O)OC2C1.C=C(C)C(=O)OCC1CCOC(=O)O1.C=C(C)C(=O)OCCC(C)C1COC(=O)O1.C=C(C)C(=O)OCCCC1COC(=O)O1.C=C(C)OC1CC2CC1C1OC(=O)OC21.C=C(C)OCC1COC(=O)O1. The molecular formula is C96H125NO42. The lowest BCUT2D eigenvalue weighted by molar-refractivity contribution is -0.150. The lowest BCUT2D eigenvalue weighted by atomic mass is 9.68. The number of esters is 6. The molecular weight excluding hydrogens is 1840 g/mol. The number of nitrogens with one attached hydrogen (secondary N) is 1. The van der Waals surface area contributed by atoms with Crippen LogP contribution in [-0.2, 0) is 157 Å². The molecule has 18 aliphatic rings. The molecule has 18 rings (SSSR count). The summed E-state index contributed by atoms with van der Waals surface area (Å²) in [6, 6.07) is 0. The molecule has 28 atom stereocenters. The zero-order valence-corrected chi connectivity index (χ0v) is 79.6. The summed E-state index contributed by atoms with van der Waals surface area (Å²) in [6.45, 7) is 51.1. The van der Waals surface area contributed by atoms with Crippen LogP contribution in [0.5, 0.6) is 0 Å². The van der Waals surface area contributed by atoms with Crippen molar-refractivity contribution in [1.82, 2.24) is 5.32 Å². The molecule has 18 fully saturated rings. The Hall–Kier alpha value is -13.0. The van der Waals surface area contributed by atoms with Gasteiger partial charge in [-0.15, -0.1) is 0 Å². The Morgan fingerprint density at radius 2 is 0.755 bits per heavy atom. The van der Waals surface area contributed by atoms with E-state index in [1.54, 1.807) is 55.4 Å². The number of carbonyl (C=O) groups is 16. The first-order valence-electron chi connectivity index (χ1n) is 46.1. The van der Waals surface area contributed by atoms with E-state index < -0.39 is 85.4 Å². The molecule has 9 aliphatic carbocycles. The van der Waals surface area contributed by atoms with Gasteiger partial charge in [-0.3, -0.25) is 4.79 Å². The zero-order chi connectivity index (χ0) is 102. The van der Waals surface area contributed by atoms with Crippen LogP contribution in [0, 0.1) is 65.1 Å². The number of amides is 1. The van der Waals surface area contributed by atoms with E-state index in [4.69, 9.17) is 90.0 Å². The molecule has 43 heteroatoms. The van der Waals surface area contributed by atoms with E-state index in [1.165, 1.54) is 0 Å². The molecule has 0 aromatic carbocycles. The van der Waals surface area contributed by atoms with Gasteiger partial charge in [0.1, 0.15) is 131 Å². The quantitative estimate of drug-likeness (QED) is 0.0199. The van der Waals surface area contributed by atoms with Gasteiger partial charge in [0, 0.05) is 87.4 Å². The molecule has 28 unspecified atom stereocenters. The normalized spacial score (nSPS) is 32.4. The average molecular weight is 1970 g/mol. The summed E-state index contributed by atoms with van der Waals surface area (Å²) in [5.74, 6) is 2.98. The summed E-state index contributed by atoms with van der Waals surface area (Å²) in [5.41, 5.74) is 2.73. The highest BCUT2D eigenvalue weighted by molar-refractivity contribution is 5.92. The fourth-order valence-electron chi connectivity index (χ4n) is 19.4. The summed E-state index contributed by atoms with van der Waals surface area (Å²) < 4.78 is 129. The topological polar surface area (TPSA) is 525 Å². The smallest absolute Gasteiger partial charge is 0.495 e. The van der Waals surface area contributed by atoms with Gasteiger partial charge in [0.2, 0.25) is 5.91 Å². The number of ether oxygens (including phenoxy) is 26. The van der Waals surface area contributed by atoms with Gasteiger partial charge in [0.05, 0.1) is 37.9 Å². The Bertz CT molecular complexity index is 4680. The van der Waals surface area contributed by atoms with Crippen molar-refractivity contribution in [3.63, 3.8) is 0 Å². The fraction of sp³-hybridized carbons (Fsp3) is 0.646. The fourth-order valence-corrected chi connectivity index (χ4v) is 19.4. The van der Waals surface area contributed by atoms with Crippen molar-refractivity contribution < 1.29 is 200 Å². The highest BCUT2D eigenvalue weighted by Gasteiger charge is 2.72. The molecule has 9 aliphatic heterocycles. The second kappa shape index (κ2) is 49.5. The molecule has 0 radical (unpaired) electrons. The van der Waals surface area contributed by atoms with Gasteiger partial charge in [-0.2, -0.15) is 0 Å². The molecule has 9 saturated carbocycles. The third kappa shape index (κ3) is 30.2. The van der Waals surface area contributed by atoms with Gasteiger partial charge in [-0.05, 0) is 169 Å². The van der Waals surface area contributed by atoms with Crippen LogP contribution in [0.15, 0.2) is 110 Å². The van der Waals surface area contributed by atoms with Crippen LogP contribution in [0.1, 0.15) is 159 Å². The van der Waals surface area contributed by atoms with Gasteiger partial charge in [0.25, 0.3) is 0 Å². The molecule has 9 heterocycles. The van der Waals surface area contributed by atoms with Crippen LogP contribution in [0.2, 0.25) is 0 Å².